The Labute approximate surface area is 160 Å². The first-order chi connectivity index (χ1) is 12.3. The lowest BCUT2D eigenvalue weighted by Crippen LogP contribution is -2.32. The molecule has 3 atom stereocenters. The Balaban J connectivity index is 1.71. The van der Waals surface area contributed by atoms with Crippen molar-refractivity contribution in [2.24, 2.45) is 0 Å². The van der Waals surface area contributed by atoms with Crippen LogP contribution in [0.25, 0.3) is 0 Å². The Morgan fingerprint density at radius 3 is 2.96 bits per heavy atom. The number of hydrogen-bond acceptors (Lipinski definition) is 7. The number of thiocarbonyl (C=S) groups is 1. The number of cyclic esters (lactones) is 1. The summed E-state index contributed by atoms with van der Waals surface area (Å²) in [5, 5.41) is 22.4. The Morgan fingerprint density at radius 2 is 2.31 bits per heavy atom. The Bertz CT molecular complexity index is 708. The van der Waals surface area contributed by atoms with E-state index in [0.717, 1.165) is 16.4 Å². The van der Waals surface area contributed by atoms with Gasteiger partial charge in [0.15, 0.2) is 0 Å². The molecule has 0 aliphatic carbocycles. The van der Waals surface area contributed by atoms with Crippen LogP contribution in [0.5, 0.6) is 0 Å². The number of halogens is 1. The van der Waals surface area contributed by atoms with Gasteiger partial charge in [0, 0.05) is 12.5 Å². The molecule has 2 saturated heterocycles. The molecule has 0 spiro atoms. The molecular formula is C16H20FN3O4S2. The Kier molecular flexibility index (Phi) is 5.98. The number of nitrogens with one attached hydrogen (secondary N) is 1. The summed E-state index contributed by atoms with van der Waals surface area (Å²) < 4.78 is 20.8. The first-order valence-corrected chi connectivity index (χ1v) is 9.43. The number of nitrogens with zero attached hydrogens (tertiary/aromatic N) is 2. The molecule has 1 aromatic carbocycles. The minimum Gasteiger partial charge on any atom is -0.442 e. The molecule has 2 aliphatic rings. The lowest BCUT2D eigenvalue weighted by atomic mass is 9.95. The van der Waals surface area contributed by atoms with E-state index >= 15 is 0 Å². The van der Waals surface area contributed by atoms with Gasteiger partial charge in [0.25, 0.3) is 0 Å². The highest BCUT2D eigenvalue weighted by Crippen LogP contribution is 2.38. The van der Waals surface area contributed by atoms with E-state index in [1.807, 2.05) is 0 Å². The standard InChI is InChI=1S/C16H20FN3O4S2/c1-9(25)18-7-11-8-19(16(22)24-11)10-2-3-12(14(17)6-10)13-4-5-20(23)26-15(13)21/h2-3,6,11,13,15,21,23H,4-5,7-8H2,1H3,(H,18,25)/t11-,13?,15?/m0/s1. The van der Waals surface area contributed by atoms with Crippen molar-refractivity contribution < 1.29 is 24.2 Å². The van der Waals surface area contributed by atoms with Gasteiger partial charge in [-0.1, -0.05) is 18.3 Å². The molecule has 26 heavy (non-hydrogen) atoms. The highest BCUT2D eigenvalue weighted by atomic mass is 32.2. The smallest absolute Gasteiger partial charge is 0.414 e. The number of hydrogen-bond donors (Lipinski definition) is 3. The van der Waals surface area contributed by atoms with E-state index in [0.29, 0.717) is 42.3 Å². The van der Waals surface area contributed by atoms with E-state index in [1.165, 1.54) is 11.0 Å². The summed E-state index contributed by atoms with van der Waals surface area (Å²) in [7, 11) is 0. The van der Waals surface area contributed by atoms with Gasteiger partial charge in [0.05, 0.1) is 23.8 Å². The van der Waals surface area contributed by atoms with Gasteiger partial charge in [0.2, 0.25) is 0 Å². The van der Waals surface area contributed by atoms with Gasteiger partial charge in [-0.3, -0.25) is 4.90 Å². The molecule has 3 N–H and O–H groups in total. The second-order valence-electron chi connectivity index (χ2n) is 6.23. The number of carbonyl (C=O) groups is 1. The van der Waals surface area contributed by atoms with E-state index < -0.39 is 23.3 Å². The summed E-state index contributed by atoms with van der Waals surface area (Å²) in [5.41, 5.74) is -0.164. The second kappa shape index (κ2) is 8.05. The summed E-state index contributed by atoms with van der Waals surface area (Å²) in [6.45, 7) is 2.78. The van der Waals surface area contributed by atoms with Gasteiger partial charge >= 0.3 is 6.09 Å². The predicted octanol–water partition coefficient (Wildman–Crippen LogP) is 2.23. The molecule has 10 heteroatoms. The van der Waals surface area contributed by atoms with Crippen molar-refractivity contribution >= 4 is 40.9 Å². The monoisotopic (exact) mass is 401 g/mol. The Hall–Kier alpha value is -1.46. The minimum atomic E-state index is -0.931. The quantitative estimate of drug-likeness (QED) is 0.523. The molecule has 0 aromatic heterocycles. The van der Waals surface area contributed by atoms with E-state index in [-0.39, 0.29) is 6.10 Å². The van der Waals surface area contributed by atoms with Crippen LogP contribution in [0.3, 0.4) is 0 Å². The second-order valence-corrected chi connectivity index (χ2v) is 7.95. The van der Waals surface area contributed by atoms with Crippen LogP contribution in [0.15, 0.2) is 18.2 Å². The van der Waals surface area contributed by atoms with Gasteiger partial charge in [-0.2, -0.15) is 0 Å². The lowest BCUT2D eigenvalue weighted by molar-refractivity contribution is -0.00270. The molecule has 1 aromatic rings. The molecule has 2 unspecified atom stereocenters. The zero-order chi connectivity index (χ0) is 18.8. The van der Waals surface area contributed by atoms with E-state index in [4.69, 9.17) is 17.0 Å². The third kappa shape index (κ3) is 4.26. The fourth-order valence-electron chi connectivity index (χ4n) is 3.03. The summed E-state index contributed by atoms with van der Waals surface area (Å²) in [5.74, 6) is -0.923. The van der Waals surface area contributed by atoms with Gasteiger partial charge in [-0.25, -0.2) is 9.18 Å². The number of carbonyl (C=O) groups excluding carboxylic acids is 1. The molecule has 0 radical (unpaired) electrons. The first-order valence-electron chi connectivity index (χ1n) is 8.18. The van der Waals surface area contributed by atoms with E-state index in [9.17, 15) is 19.5 Å². The summed E-state index contributed by atoms with van der Waals surface area (Å²) in [6.07, 6.45) is -0.470. The number of hydroxylamine groups is 1. The predicted molar refractivity (Wildman–Crippen MR) is 99.7 cm³/mol. The minimum absolute atomic E-state index is 0.300. The normalized spacial score (nSPS) is 26.7. The van der Waals surface area contributed by atoms with Gasteiger partial charge < -0.3 is 20.4 Å². The van der Waals surface area contributed by atoms with Gasteiger partial charge in [-0.15, -0.1) is 4.47 Å². The van der Waals surface area contributed by atoms with Crippen molar-refractivity contribution in [2.75, 3.05) is 24.5 Å². The highest BCUT2D eigenvalue weighted by molar-refractivity contribution is 7.97. The maximum Gasteiger partial charge on any atom is 0.414 e. The number of aliphatic hydroxyl groups excluding tert-OH is 1. The largest absolute Gasteiger partial charge is 0.442 e. The van der Waals surface area contributed by atoms with Crippen molar-refractivity contribution in [3.05, 3.63) is 29.6 Å². The molecule has 2 aliphatic heterocycles. The molecule has 7 nitrogen and oxygen atoms in total. The van der Waals surface area contributed by atoms with Crippen LogP contribution in [-0.2, 0) is 4.74 Å². The number of benzene rings is 1. The van der Waals surface area contributed by atoms with Gasteiger partial charge in [-0.05, 0) is 43.0 Å². The zero-order valence-electron chi connectivity index (χ0n) is 14.1. The topological polar surface area (TPSA) is 85.3 Å². The SMILES string of the molecule is CC(=S)NC[C@H]1CN(c2ccc(C3CCN(O)SC3O)c(F)c2)C(=O)O1. The van der Waals surface area contributed by atoms with Crippen molar-refractivity contribution in [1.29, 1.82) is 0 Å². The van der Waals surface area contributed by atoms with Crippen molar-refractivity contribution in [3.63, 3.8) is 0 Å². The summed E-state index contributed by atoms with van der Waals surface area (Å²) >= 11 is 5.80. The van der Waals surface area contributed by atoms with Crippen LogP contribution in [0.4, 0.5) is 14.9 Å². The molecular weight excluding hydrogens is 381 g/mol. The van der Waals surface area contributed by atoms with Crippen LogP contribution in [0.2, 0.25) is 0 Å². The number of anilines is 1. The summed E-state index contributed by atoms with van der Waals surface area (Å²) in [4.78, 5) is 14.0. The van der Waals surface area contributed by atoms with Crippen molar-refractivity contribution in [2.45, 2.75) is 30.8 Å². The summed E-state index contributed by atoms with van der Waals surface area (Å²) in [6, 6.07) is 4.49. The number of amides is 1. The first kappa shape index (κ1) is 19.3. The molecule has 1 amide bonds. The molecule has 0 saturated carbocycles. The molecule has 2 fully saturated rings. The number of rotatable bonds is 4. The number of aliphatic hydroxyl groups is 1. The molecule has 142 valence electrons. The number of ether oxygens (including phenoxy) is 1. The van der Waals surface area contributed by atoms with E-state index in [2.05, 4.69) is 5.32 Å². The molecule has 0 bridgehead atoms. The van der Waals surface area contributed by atoms with Crippen LogP contribution < -0.4 is 10.2 Å². The van der Waals surface area contributed by atoms with Crippen LogP contribution >= 0.6 is 24.2 Å². The molecule has 3 rings (SSSR count). The average Bonchev–Trinajstić information content (AvgIpc) is 2.94. The maximum absolute atomic E-state index is 14.6. The van der Waals surface area contributed by atoms with Crippen molar-refractivity contribution in [3.8, 4) is 0 Å². The Morgan fingerprint density at radius 1 is 1.54 bits per heavy atom. The van der Waals surface area contributed by atoms with Crippen LogP contribution in [-0.4, -0.2) is 57.0 Å². The average molecular weight is 401 g/mol. The van der Waals surface area contributed by atoms with Crippen LogP contribution in [0, 0.1) is 5.82 Å². The maximum atomic E-state index is 14.6. The third-order valence-corrected chi connectivity index (χ3v) is 5.47. The van der Waals surface area contributed by atoms with Crippen molar-refractivity contribution in [1.82, 2.24) is 9.79 Å². The van der Waals surface area contributed by atoms with Gasteiger partial charge in [0.1, 0.15) is 17.4 Å². The zero-order valence-corrected chi connectivity index (χ0v) is 15.7. The third-order valence-electron chi connectivity index (χ3n) is 4.35. The molecule has 2 heterocycles. The fraction of sp³-hybridized carbons (Fsp3) is 0.500. The van der Waals surface area contributed by atoms with Crippen LogP contribution in [0.1, 0.15) is 24.8 Å². The van der Waals surface area contributed by atoms with E-state index in [1.54, 1.807) is 19.1 Å². The lowest BCUT2D eigenvalue weighted by Gasteiger charge is -2.31. The fourth-order valence-corrected chi connectivity index (χ4v) is 4.01. The highest BCUT2D eigenvalue weighted by Gasteiger charge is 2.34.